The van der Waals surface area contributed by atoms with E-state index in [0.717, 1.165) is 12.1 Å². The summed E-state index contributed by atoms with van der Waals surface area (Å²) < 4.78 is 64.2. The van der Waals surface area contributed by atoms with Crippen LogP contribution in [0.25, 0.3) is 0 Å². The molecule has 1 aromatic rings. The van der Waals surface area contributed by atoms with Crippen LogP contribution in [0.5, 0.6) is 0 Å². The second kappa shape index (κ2) is 8.26. The largest absolute Gasteiger partial charge is 0.416 e. The van der Waals surface area contributed by atoms with Gasteiger partial charge in [0.2, 0.25) is 0 Å². The van der Waals surface area contributed by atoms with E-state index >= 15 is 0 Å². The van der Waals surface area contributed by atoms with Gasteiger partial charge in [0.05, 0.1) is 15.2 Å². The van der Waals surface area contributed by atoms with Crippen molar-refractivity contribution in [1.29, 1.82) is 0 Å². The van der Waals surface area contributed by atoms with Crippen LogP contribution in [-0.4, -0.2) is 43.1 Å². The Kier molecular flexibility index (Phi) is 6.74. The Morgan fingerprint density at radius 1 is 1.17 bits per heavy atom. The first-order chi connectivity index (χ1) is 13.2. The van der Waals surface area contributed by atoms with Gasteiger partial charge >= 0.3 is 6.18 Å². The average molecular weight is 436 g/mol. The number of hydrogen-bond acceptors (Lipinski definition) is 3. The minimum Gasteiger partial charge on any atom is -0.347 e. The standard InChI is InChI=1S/C20H29F3N2O3S/c1-13(2)17(24)18(26)25-10-8-14(9-11-25)19(3,4)29(27,28)16-7-5-6-15(12-16)20(21,22)23/h5-7,12-14,17H,8-11,24H2,1-4H3/p+1/t17-/m0/s1. The molecule has 1 heterocycles. The molecule has 0 bridgehead atoms. The Morgan fingerprint density at radius 3 is 2.21 bits per heavy atom. The zero-order valence-corrected chi connectivity index (χ0v) is 18.1. The summed E-state index contributed by atoms with van der Waals surface area (Å²) in [6, 6.07) is 3.54. The van der Waals surface area contributed by atoms with E-state index in [1.807, 2.05) is 13.8 Å². The van der Waals surface area contributed by atoms with Crippen LogP contribution in [0.3, 0.4) is 0 Å². The molecule has 0 spiro atoms. The lowest BCUT2D eigenvalue weighted by atomic mass is 9.85. The molecular weight excluding hydrogens is 405 g/mol. The fourth-order valence-electron chi connectivity index (χ4n) is 3.68. The monoisotopic (exact) mass is 435 g/mol. The van der Waals surface area contributed by atoms with Crippen LogP contribution in [0.2, 0.25) is 0 Å². The van der Waals surface area contributed by atoms with Gasteiger partial charge in [0.1, 0.15) is 0 Å². The zero-order chi connectivity index (χ0) is 22.2. The molecule has 164 valence electrons. The summed E-state index contributed by atoms with van der Waals surface area (Å²) in [6.07, 6.45) is -3.66. The number of alkyl halides is 3. The van der Waals surface area contributed by atoms with Crippen molar-refractivity contribution in [3.8, 4) is 0 Å². The van der Waals surface area contributed by atoms with Crippen molar-refractivity contribution in [2.24, 2.45) is 11.8 Å². The van der Waals surface area contributed by atoms with Gasteiger partial charge < -0.3 is 10.6 Å². The topological polar surface area (TPSA) is 82.1 Å². The fraction of sp³-hybridized carbons (Fsp3) is 0.650. The number of quaternary nitrogens is 1. The Bertz CT molecular complexity index is 843. The van der Waals surface area contributed by atoms with Gasteiger partial charge in [-0.15, -0.1) is 0 Å². The summed E-state index contributed by atoms with van der Waals surface area (Å²) >= 11 is 0. The van der Waals surface area contributed by atoms with Gasteiger partial charge in [-0.2, -0.15) is 13.2 Å². The van der Waals surface area contributed by atoms with E-state index in [1.165, 1.54) is 6.07 Å². The summed E-state index contributed by atoms with van der Waals surface area (Å²) in [7, 11) is -4.00. The highest BCUT2D eigenvalue weighted by molar-refractivity contribution is 7.92. The Balaban J connectivity index is 2.20. The van der Waals surface area contributed by atoms with Crippen LogP contribution in [0.4, 0.5) is 13.2 Å². The lowest BCUT2D eigenvalue weighted by molar-refractivity contribution is -0.416. The minimum absolute atomic E-state index is 0.0445. The molecule has 9 heteroatoms. The summed E-state index contributed by atoms with van der Waals surface area (Å²) in [6.45, 7) is 7.81. The second-order valence-corrected chi connectivity index (χ2v) is 11.1. The van der Waals surface area contributed by atoms with Gasteiger partial charge in [0.15, 0.2) is 15.9 Å². The van der Waals surface area contributed by atoms with Crippen LogP contribution in [0.15, 0.2) is 29.2 Å². The maximum Gasteiger partial charge on any atom is 0.416 e. The molecule has 1 aliphatic rings. The number of carbonyl (C=O) groups is 1. The van der Waals surface area contributed by atoms with Crippen LogP contribution in [-0.2, 0) is 20.8 Å². The van der Waals surface area contributed by atoms with E-state index in [4.69, 9.17) is 0 Å². The van der Waals surface area contributed by atoms with Crippen molar-refractivity contribution < 1.29 is 32.1 Å². The number of benzene rings is 1. The smallest absolute Gasteiger partial charge is 0.347 e. The lowest BCUT2D eigenvalue weighted by Crippen LogP contribution is -2.70. The van der Waals surface area contributed by atoms with Crippen LogP contribution in [0.1, 0.15) is 46.1 Å². The third-order valence-electron chi connectivity index (χ3n) is 6.08. The lowest BCUT2D eigenvalue weighted by Gasteiger charge is -2.40. The normalized spacial score (nSPS) is 18.2. The SMILES string of the molecule is CC(C)[C@H]([NH3+])C(=O)N1CCC(C(C)(C)S(=O)(=O)c2cccc(C(F)(F)F)c2)CC1. The third kappa shape index (κ3) is 4.77. The van der Waals surface area contributed by atoms with Gasteiger partial charge in [0, 0.05) is 19.0 Å². The van der Waals surface area contributed by atoms with Gasteiger partial charge in [0.25, 0.3) is 5.91 Å². The average Bonchev–Trinajstić information content (AvgIpc) is 2.66. The van der Waals surface area contributed by atoms with Crippen molar-refractivity contribution in [2.45, 2.75) is 62.4 Å². The maximum absolute atomic E-state index is 13.2. The van der Waals surface area contributed by atoms with Gasteiger partial charge in [-0.25, -0.2) is 8.42 Å². The molecule has 0 aliphatic carbocycles. The number of hydrogen-bond donors (Lipinski definition) is 1. The third-order valence-corrected chi connectivity index (χ3v) is 8.67. The highest BCUT2D eigenvalue weighted by Crippen LogP contribution is 2.39. The Morgan fingerprint density at radius 2 is 1.72 bits per heavy atom. The molecule has 2 rings (SSSR count). The van der Waals surface area contributed by atoms with Crippen molar-refractivity contribution >= 4 is 15.7 Å². The molecule has 1 atom stereocenters. The number of nitrogens with zero attached hydrogens (tertiary/aromatic N) is 1. The molecule has 1 amide bonds. The van der Waals surface area contributed by atoms with E-state index in [1.54, 1.807) is 18.7 Å². The summed E-state index contributed by atoms with van der Waals surface area (Å²) in [5, 5.41) is 0. The van der Waals surface area contributed by atoms with Gasteiger partial charge in [-0.05, 0) is 50.8 Å². The van der Waals surface area contributed by atoms with Crippen LogP contribution < -0.4 is 5.73 Å². The molecule has 0 unspecified atom stereocenters. The van der Waals surface area contributed by atoms with Crippen molar-refractivity contribution in [2.75, 3.05) is 13.1 Å². The van der Waals surface area contributed by atoms with Crippen molar-refractivity contribution in [3.63, 3.8) is 0 Å². The number of amides is 1. The second-order valence-electron chi connectivity index (χ2n) is 8.58. The predicted molar refractivity (Wildman–Crippen MR) is 104 cm³/mol. The molecule has 29 heavy (non-hydrogen) atoms. The molecule has 0 radical (unpaired) electrons. The number of sulfone groups is 1. The minimum atomic E-state index is -4.61. The van der Waals surface area contributed by atoms with Crippen molar-refractivity contribution in [3.05, 3.63) is 29.8 Å². The fourth-order valence-corrected chi connectivity index (χ4v) is 5.50. The summed E-state index contributed by atoms with van der Waals surface area (Å²) in [5.41, 5.74) is 2.93. The number of piperidine rings is 1. The summed E-state index contributed by atoms with van der Waals surface area (Å²) in [4.78, 5) is 13.9. The molecule has 1 saturated heterocycles. The Hall–Kier alpha value is -1.61. The first-order valence-corrected chi connectivity index (χ1v) is 11.2. The first-order valence-electron chi connectivity index (χ1n) is 9.73. The van der Waals surface area contributed by atoms with Crippen molar-refractivity contribution in [1.82, 2.24) is 4.90 Å². The highest BCUT2D eigenvalue weighted by Gasteiger charge is 2.45. The van der Waals surface area contributed by atoms with E-state index in [9.17, 15) is 26.4 Å². The first kappa shape index (κ1) is 23.7. The maximum atomic E-state index is 13.2. The van der Waals surface area contributed by atoms with E-state index < -0.39 is 26.3 Å². The number of halogens is 3. The van der Waals surface area contributed by atoms with Gasteiger partial charge in [-0.3, -0.25) is 4.79 Å². The molecule has 0 saturated carbocycles. The van der Waals surface area contributed by atoms with Crippen LogP contribution in [0, 0.1) is 11.8 Å². The molecule has 1 aliphatic heterocycles. The predicted octanol–water partition coefficient (Wildman–Crippen LogP) is 2.76. The number of rotatable bonds is 5. The number of carbonyl (C=O) groups excluding carboxylic acids is 1. The molecule has 1 fully saturated rings. The summed E-state index contributed by atoms with van der Waals surface area (Å²) in [5.74, 6) is -0.205. The zero-order valence-electron chi connectivity index (χ0n) is 17.3. The van der Waals surface area contributed by atoms with Crippen LogP contribution >= 0.6 is 0 Å². The van der Waals surface area contributed by atoms with E-state index in [0.29, 0.717) is 32.0 Å². The van der Waals surface area contributed by atoms with E-state index in [2.05, 4.69) is 5.73 Å². The van der Waals surface area contributed by atoms with Gasteiger partial charge in [-0.1, -0.05) is 19.9 Å². The highest BCUT2D eigenvalue weighted by atomic mass is 32.2. The molecular formula is C20H30F3N2O3S+. The Labute approximate surface area is 170 Å². The quantitative estimate of drug-likeness (QED) is 0.772. The molecule has 5 nitrogen and oxygen atoms in total. The molecule has 1 aromatic carbocycles. The molecule has 0 aromatic heterocycles. The van der Waals surface area contributed by atoms with E-state index in [-0.39, 0.29) is 28.7 Å². The number of likely N-dealkylation sites (tertiary alicyclic amines) is 1. The molecule has 3 N–H and O–H groups in total.